The van der Waals surface area contributed by atoms with Crippen LogP contribution in [0, 0.1) is 0 Å². The first-order valence-corrected chi connectivity index (χ1v) is 5.55. The Kier molecular flexibility index (Phi) is 3.00. The fourth-order valence-corrected chi connectivity index (χ4v) is 2.00. The molecule has 1 saturated heterocycles. The molecule has 15 heavy (non-hydrogen) atoms. The van der Waals surface area contributed by atoms with Gasteiger partial charge in [-0.1, -0.05) is 4.49 Å². The third kappa shape index (κ3) is 2.17. The molecular weight excluding hydrogens is 216 g/mol. The Morgan fingerprint density at radius 2 is 2.53 bits per heavy atom. The summed E-state index contributed by atoms with van der Waals surface area (Å²) in [5.74, 6) is 0. The summed E-state index contributed by atoms with van der Waals surface area (Å²) in [6.45, 7) is 4.39. The first kappa shape index (κ1) is 10.2. The monoisotopic (exact) mass is 228 g/mol. The lowest BCUT2D eigenvalue weighted by atomic mass is 10.4. The molecule has 0 aliphatic carbocycles. The van der Waals surface area contributed by atoms with Gasteiger partial charge in [-0.05, 0) is 6.92 Å². The first-order valence-electron chi connectivity index (χ1n) is 4.78. The van der Waals surface area contributed by atoms with Crippen LogP contribution in [0.3, 0.4) is 0 Å². The molecule has 1 aliphatic rings. The van der Waals surface area contributed by atoms with Crippen LogP contribution in [0.2, 0.25) is 0 Å². The van der Waals surface area contributed by atoms with E-state index in [2.05, 4.69) is 14.9 Å². The van der Waals surface area contributed by atoms with Gasteiger partial charge in [-0.3, -0.25) is 4.90 Å². The highest BCUT2D eigenvalue weighted by Crippen LogP contribution is 2.20. The van der Waals surface area contributed by atoms with Crippen molar-refractivity contribution < 1.29 is 9.53 Å². The number of nitrogens with one attached hydrogen (secondary N) is 1. The van der Waals surface area contributed by atoms with Crippen LogP contribution in [0.15, 0.2) is 0 Å². The molecule has 0 radical (unpaired) electrons. The third-order valence-electron chi connectivity index (χ3n) is 2.08. The Hall–Kier alpha value is -1.37. The van der Waals surface area contributed by atoms with Crippen molar-refractivity contribution >= 4 is 22.6 Å². The summed E-state index contributed by atoms with van der Waals surface area (Å²) in [5.41, 5.74) is 0.806. The number of hydrogen-bond acceptors (Lipinski definition) is 6. The molecule has 0 aromatic carbocycles. The SMILES string of the molecule is CCNc1snnc1CN1CCOC1=O. The Balaban J connectivity index is 2.03. The largest absolute Gasteiger partial charge is 0.448 e. The molecular formula is C8H12N4O2S. The van der Waals surface area contributed by atoms with Crippen molar-refractivity contribution in [2.75, 3.05) is 25.0 Å². The number of ether oxygens (including phenoxy) is 1. The summed E-state index contributed by atoms with van der Waals surface area (Å²) in [5, 5.41) is 8.08. The lowest BCUT2D eigenvalue weighted by Gasteiger charge is -2.11. The number of amides is 1. The van der Waals surface area contributed by atoms with Crippen molar-refractivity contribution in [2.45, 2.75) is 13.5 Å². The van der Waals surface area contributed by atoms with Gasteiger partial charge in [0.2, 0.25) is 0 Å². The molecule has 2 rings (SSSR count). The van der Waals surface area contributed by atoms with Gasteiger partial charge in [0.05, 0.1) is 13.1 Å². The third-order valence-corrected chi connectivity index (χ3v) is 2.80. The predicted molar refractivity (Wildman–Crippen MR) is 55.8 cm³/mol. The molecule has 1 fully saturated rings. The number of carbonyl (C=O) groups excluding carboxylic acids is 1. The molecule has 6 nitrogen and oxygen atoms in total. The van der Waals surface area contributed by atoms with Crippen molar-refractivity contribution in [1.82, 2.24) is 14.5 Å². The standard InChI is InChI=1S/C8H12N4O2S/c1-2-9-7-6(10-11-15-7)5-12-3-4-14-8(12)13/h9H,2-5H2,1H3. The summed E-state index contributed by atoms with van der Waals surface area (Å²) in [4.78, 5) is 12.8. The van der Waals surface area contributed by atoms with E-state index in [-0.39, 0.29) is 6.09 Å². The van der Waals surface area contributed by atoms with Gasteiger partial charge in [0.15, 0.2) is 0 Å². The fraction of sp³-hybridized carbons (Fsp3) is 0.625. The average Bonchev–Trinajstić information content (AvgIpc) is 2.80. The maximum atomic E-state index is 11.2. The van der Waals surface area contributed by atoms with E-state index in [1.54, 1.807) is 4.90 Å². The Morgan fingerprint density at radius 3 is 3.20 bits per heavy atom. The van der Waals surface area contributed by atoms with Crippen LogP contribution in [0.4, 0.5) is 9.80 Å². The van der Waals surface area contributed by atoms with Gasteiger partial charge in [0.1, 0.15) is 17.3 Å². The average molecular weight is 228 g/mol. The van der Waals surface area contributed by atoms with E-state index in [9.17, 15) is 4.79 Å². The quantitative estimate of drug-likeness (QED) is 0.830. The van der Waals surface area contributed by atoms with Crippen molar-refractivity contribution in [1.29, 1.82) is 0 Å². The smallest absolute Gasteiger partial charge is 0.410 e. The summed E-state index contributed by atoms with van der Waals surface area (Å²) >= 11 is 1.31. The Bertz CT molecular complexity index is 354. The molecule has 0 atom stereocenters. The van der Waals surface area contributed by atoms with Crippen LogP contribution < -0.4 is 5.32 Å². The number of nitrogens with zero attached hydrogens (tertiary/aromatic N) is 3. The van der Waals surface area contributed by atoms with E-state index in [1.807, 2.05) is 6.92 Å². The number of cyclic esters (lactones) is 1. The molecule has 2 heterocycles. The second-order valence-corrected chi connectivity index (χ2v) is 3.87. The van der Waals surface area contributed by atoms with Gasteiger partial charge in [0, 0.05) is 18.1 Å². The Morgan fingerprint density at radius 1 is 1.67 bits per heavy atom. The second kappa shape index (κ2) is 4.43. The highest BCUT2D eigenvalue weighted by Gasteiger charge is 2.24. The lowest BCUT2D eigenvalue weighted by molar-refractivity contribution is 0.157. The number of carbonyl (C=O) groups is 1. The summed E-state index contributed by atoms with van der Waals surface area (Å²) in [6, 6.07) is 0. The van der Waals surface area contributed by atoms with Gasteiger partial charge in [-0.2, -0.15) is 0 Å². The van der Waals surface area contributed by atoms with E-state index < -0.39 is 0 Å². The zero-order valence-corrected chi connectivity index (χ0v) is 9.21. The minimum absolute atomic E-state index is 0.273. The van der Waals surface area contributed by atoms with Crippen LogP contribution in [-0.2, 0) is 11.3 Å². The van der Waals surface area contributed by atoms with E-state index in [4.69, 9.17) is 4.74 Å². The second-order valence-electron chi connectivity index (χ2n) is 3.12. The summed E-state index contributed by atoms with van der Waals surface area (Å²) < 4.78 is 8.69. The van der Waals surface area contributed by atoms with Crippen molar-refractivity contribution in [3.8, 4) is 0 Å². The lowest BCUT2D eigenvalue weighted by Crippen LogP contribution is -2.24. The predicted octanol–water partition coefficient (Wildman–Crippen LogP) is 0.922. The number of rotatable bonds is 4. The van der Waals surface area contributed by atoms with Gasteiger partial charge < -0.3 is 10.1 Å². The normalized spacial score (nSPS) is 15.5. The maximum absolute atomic E-state index is 11.2. The maximum Gasteiger partial charge on any atom is 0.410 e. The molecule has 0 spiro atoms. The number of hydrogen-bond donors (Lipinski definition) is 1. The minimum Gasteiger partial charge on any atom is -0.448 e. The van der Waals surface area contributed by atoms with Gasteiger partial charge in [-0.15, -0.1) is 5.10 Å². The fourth-order valence-electron chi connectivity index (χ4n) is 1.36. The molecule has 0 saturated carbocycles. The van der Waals surface area contributed by atoms with Crippen LogP contribution in [0.5, 0.6) is 0 Å². The van der Waals surface area contributed by atoms with Gasteiger partial charge >= 0.3 is 6.09 Å². The van der Waals surface area contributed by atoms with Gasteiger partial charge in [-0.25, -0.2) is 4.79 Å². The number of aromatic nitrogens is 2. The zero-order chi connectivity index (χ0) is 10.7. The van der Waals surface area contributed by atoms with Crippen LogP contribution in [0.1, 0.15) is 12.6 Å². The summed E-state index contributed by atoms with van der Waals surface area (Å²) in [7, 11) is 0. The number of anilines is 1. The van der Waals surface area contributed by atoms with Crippen molar-refractivity contribution in [3.05, 3.63) is 5.69 Å². The Labute approximate surface area is 91.4 Å². The topological polar surface area (TPSA) is 67.3 Å². The van der Waals surface area contributed by atoms with Crippen LogP contribution in [-0.4, -0.2) is 40.3 Å². The zero-order valence-electron chi connectivity index (χ0n) is 8.39. The van der Waals surface area contributed by atoms with Gasteiger partial charge in [0.25, 0.3) is 0 Å². The molecule has 1 aromatic heterocycles. The summed E-state index contributed by atoms with van der Waals surface area (Å²) in [6.07, 6.45) is -0.273. The molecule has 0 bridgehead atoms. The minimum atomic E-state index is -0.273. The van der Waals surface area contributed by atoms with Crippen molar-refractivity contribution in [3.63, 3.8) is 0 Å². The molecule has 0 unspecified atom stereocenters. The van der Waals surface area contributed by atoms with E-state index in [0.717, 1.165) is 17.2 Å². The molecule has 1 aliphatic heterocycles. The van der Waals surface area contributed by atoms with Crippen LogP contribution >= 0.6 is 11.5 Å². The highest BCUT2D eigenvalue weighted by atomic mass is 32.1. The molecule has 7 heteroatoms. The molecule has 1 N–H and O–H groups in total. The molecule has 1 amide bonds. The highest BCUT2D eigenvalue weighted by molar-refractivity contribution is 7.10. The van der Waals surface area contributed by atoms with Crippen LogP contribution in [0.25, 0.3) is 0 Å². The molecule has 1 aromatic rings. The molecule has 82 valence electrons. The van der Waals surface area contributed by atoms with Crippen molar-refractivity contribution in [2.24, 2.45) is 0 Å². The van der Waals surface area contributed by atoms with E-state index >= 15 is 0 Å². The van der Waals surface area contributed by atoms with E-state index in [1.165, 1.54) is 11.5 Å². The van der Waals surface area contributed by atoms with E-state index in [0.29, 0.717) is 19.7 Å². The first-order chi connectivity index (χ1) is 7.31.